The lowest BCUT2D eigenvalue weighted by atomic mass is 9.84. The van der Waals surface area contributed by atoms with Gasteiger partial charge in [-0.25, -0.2) is 0 Å². The SMILES string of the molecule is C[C@H](CC(=O)N1CCC(O)CC1)CC(C)(C)C. The van der Waals surface area contributed by atoms with Gasteiger partial charge in [0.05, 0.1) is 6.10 Å². The molecule has 3 heteroatoms. The van der Waals surface area contributed by atoms with Crippen LogP contribution in [0, 0.1) is 11.3 Å². The molecule has 1 heterocycles. The first-order chi connectivity index (χ1) is 7.78. The van der Waals surface area contributed by atoms with Gasteiger partial charge in [0, 0.05) is 19.5 Å². The Labute approximate surface area is 105 Å². The fraction of sp³-hybridized carbons (Fsp3) is 0.929. The Morgan fingerprint density at radius 2 is 1.88 bits per heavy atom. The Hall–Kier alpha value is -0.570. The van der Waals surface area contributed by atoms with Gasteiger partial charge in [-0.1, -0.05) is 27.7 Å². The smallest absolute Gasteiger partial charge is 0.222 e. The second kappa shape index (κ2) is 5.85. The topological polar surface area (TPSA) is 40.5 Å². The predicted molar refractivity (Wildman–Crippen MR) is 69.7 cm³/mol. The minimum Gasteiger partial charge on any atom is -0.393 e. The third kappa shape index (κ3) is 5.53. The number of aliphatic hydroxyl groups is 1. The number of likely N-dealkylation sites (tertiary alicyclic amines) is 1. The summed E-state index contributed by atoms with van der Waals surface area (Å²) in [7, 11) is 0. The molecule has 100 valence electrons. The summed E-state index contributed by atoms with van der Waals surface area (Å²) in [4.78, 5) is 14.0. The molecule has 0 aromatic carbocycles. The number of carbonyl (C=O) groups is 1. The molecule has 17 heavy (non-hydrogen) atoms. The molecule has 1 saturated heterocycles. The molecule has 1 amide bonds. The lowest BCUT2D eigenvalue weighted by Gasteiger charge is -2.31. The molecule has 1 N–H and O–H groups in total. The van der Waals surface area contributed by atoms with Crippen molar-refractivity contribution < 1.29 is 9.90 Å². The van der Waals surface area contributed by atoms with Crippen molar-refractivity contribution in [2.45, 2.75) is 59.5 Å². The van der Waals surface area contributed by atoms with E-state index >= 15 is 0 Å². The second-order valence-electron chi connectivity index (χ2n) is 6.69. The van der Waals surface area contributed by atoms with Crippen LogP contribution >= 0.6 is 0 Å². The molecule has 0 saturated carbocycles. The van der Waals surface area contributed by atoms with Crippen LogP contribution in [0.4, 0.5) is 0 Å². The first-order valence-electron chi connectivity index (χ1n) is 6.74. The zero-order valence-corrected chi connectivity index (χ0v) is 11.7. The highest BCUT2D eigenvalue weighted by Crippen LogP contribution is 2.26. The molecule has 0 bridgehead atoms. The van der Waals surface area contributed by atoms with Crippen molar-refractivity contribution in [3.05, 3.63) is 0 Å². The van der Waals surface area contributed by atoms with Gasteiger partial charge in [0.1, 0.15) is 0 Å². The third-order valence-electron chi connectivity index (χ3n) is 3.30. The molecule has 0 aromatic rings. The average molecular weight is 241 g/mol. The summed E-state index contributed by atoms with van der Waals surface area (Å²) in [6, 6.07) is 0. The van der Waals surface area contributed by atoms with Crippen LogP contribution in [-0.4, -0.2) is 35.1 Å². The van der Waals surface area contributed by atoms with Gasteiger partial charge < -0.3 is 10.0 Å². The molecule has 1 rings (SSSR count). The normalized spacial score (nSPS) is 20.4. The number of piperidine rings is 1. The van der Waals surface area contributed by atoms with Gasteiger partial charge in [0.15, 0.2) is 0 Å². The van der Waals surface area contributed by atoms with Crippen molar-refractivity contribution in [3.8, 4) is 0 Å². The maximum Gasteiger partial charge on any atom is 0.222 e. The number of hydrogen-bond acceptors (Lipinski definition) is 2. The summed E-state index contributed by atoms with van der Waals surface area (Å²) >= 11 is 0. The van der Waals surface area contributed by atoms with Gasteiger partial charge in [0.2, 0.25) is 5.91 Å². The molecule has 0 spiro atoms. The highest BCUT2D eigenvalue weighted by atomic mass is 16.3. The van der Waals surface area contributed by atoms with E-state index in [9.17, 15) is 9.90 Å². The van der Waals surface area contributed by atoms with Crippen LogP contribution in [-0.2, 0) is 4.79 Å². The van der Waals surface area contributed by atoms with Crippen molar-refractivity contribution >= 4 is 5.91 Å². The standard InChI is InChI=1S/C14H27NO2/c1-11(10-14(2,3)4)9-13(17)15-7-5-12(16)6-8-15/h11-12,16H,5-10H2,1-4H3/t11-/m1/s1. The minimum absolute atomic E-state index is 0.203. The number of nitrogens with zero attached hydrogens (tertiary/aromatic N) is 1. The fourth-order valence-corrected chi connectivity index (χ4v) is 2.66. The quantitative estimate of drug-likeness (QED) is 0.824. The summed E-state index contributed by atoms with van der Waals surface area (Å²) in [5.74, 6) is 0.697. The van der Waals surface area contributed by atoms with Crippen LogP contribution in [0.15, 0.2) is 0 Å². The first kappa shape index (κ1) is 14.5. The van der Waals surface area contributed by atoms with Crippen molar-refractivity contribution in [1.29, 1.82) is 0 Å². The number of amides is 1. The summed E-state index contributed by atoms with van der Waals surface area (Å²) in [5.41, 5.74) is 0.289. The van der Waals surface area contributed by atoms with Crippen molar-refractivity contribution in [2.24, 2.45) is 11.3 Å². The van der Waals surface area contributed by atoms with Gasteiger partial charge in [-0.2, -0.15) is 0 Å². The predicted octanol–water partition coefficient (Wildman–Crippen LogP) is 2.43. The molecule has 0 aliphatic carbocycles. The number of rotatable bonds is 3. The molecular weight excluding hydrogens is 214 g/mol. The van der Waals surface area contributed by atoms with E-state index in [1.165, 1.54) is 0 Å². The van der Waals surface area contributed by atoms with E-state index in [0.29, 0.717) is 12.3 Å². The van der Waals surface area contributed by atoms with E-state index in [1.54, 1.807) is 0 Å². The lowest BCUT2D eigenvalue weighted by Crippen LogP contribution is -2.40. The van der Waals surface area contributed by atoms with Gasteiger partial charge >= 0.3 is 0 Å². The van der Waals surface area contributed by atoms with E-state index in [4.69, 9.17) is 0 Å². The van der Waals surface area contributed by atoms with E-state index in [2.05, 4.69) is 27.7 Å². The van der Waals surface area contributed by atoms with E-state index in [-0.39, 0.29) is 17.4 Å². The molecule has 0 unspecified atom stereocenters. The Morgan fingerprint density at radius 1 is 1.35 bits per heavy atom. The van der Waals surface area contributed by atoms with Crippen molar-refractivity contribution in [3.63, 3.8) is 0 Å². The summed E-state index contributed by atoms with van der Waals surface area (Å²) < 4.78 is 0. The molecule has 1 aliphatic heterocycles. The summed E-state index contributed by atoms with van der Waals surface area (Å²) in [6.07, 6.45) is 2.99. The van der Waals surface area contributed by atoms with Crippen LogP contribution in [0.1, 0.15) is 53.4 Å². The lowest BCUT2D eigenvalue weighted by molar-refractivity contribution is -0.134. The Bertz CT molecular complexity index is 249. The Kier molecular flexibility index (Phi) is 4.99. The molecule has 0 radical (unpaired) electrons. The molecule has 1 atom stereocenters. The largest absolute Gasteiger partial charge is 0.393 e. The van der Waals surface area contributed by atoms with Crippen LogP contribution < -0.4 is 0 Å². The molecule has 1 aliphatic rings. The zero-order valence-electron chi connectivity index (χ0n) is 11.7. The highest BCUT2D eigenvalue weighted by Gasteiger charge is 2.24. The average Bonchev–Trinajstić information content (AvgIpc) is 2.15. The zero-order chi connectivity index (χ0) is 13.1. The third-order valence-corrected chi connectivity index (χ3v) is 3.30. The van der Waals surface area contributed by atoms with Crippen molar-refractivity contribution in [2.75, 3.05) is 13.1 Å². The van der Waals surface area contributed by atoms with Gasteiger partial charge in [0.25, 0.3) is 0 Å². The van der Waals surface area contributed by atoms with Gasteiger partial charge in [-0.15, -0.1) is 0 Å². The maximum atomic E-state index is 12.0. The minimum atomic E-state index is -0.203. The number of aliphatic hydroxyl groups excluding tert-OH is 1. The van der Waals surface area contributed by atoms with Crippen LogP contribution in [0.2, 0.25) is 0 Å². The van der Waals surface area contributed by atoms with Crippen LogP contribution in [0.5, 0.6) is 0 Å². The van der Waals surface area contributed by atoms with Crippen molar-refractivity contribution in [1.82, 2.24) is 4.90 Å². The Balaban J connectivity index is 2.33. The molecule has 3 nitrogen and oxygen atoms in total. The van der Waals surface area contributed by atoms with Crippen LogP contribution in [0.25, 0.3) is 0 Å². The molecule has 0 aromatic heterocycles. The number of hydrogen-bond donors (Lipinski definition) is 1. The monoisotopic (exact) mass is 241 g/mol. The Morgan fingerprint density at radius 3 is 2.35 bits per heavy atom. The molecule has 1 fully saturated rings. The first-order valence-corrected chi connectivity index (χ1v) is 6.74. The van der Waals surface area contributed by atoms with E-state index in [1.807, 2.05) is 4.90 Å². The van der Waals surface area contributed by atoms with E-state index in [0.717, 1.165) is 32.4 Å². The maximum absolute atomic E-state index is 12.0. The fourth-order valence-electron chi connectivity index (χ4n) is 2.66. The van der Waals surface area contributed by atoms with E-state index < -0.39 is 0 Å². The summed E-state index contributed by atoms with van der Waals surface area (Å²) in [6.45, 7) is 10.2. The number of carbonyl (C=O) groups excluding carboxylic acids is 1. The summed E-state index contributed by atoms with van der Waals surface area (Å²) in [5, 5.41) is 9.41. The second-order valence-corrected chi connectivity index (χ2v) is 6.69. The van der Waals surface area contributed by atoms with Gasteiger partial charge in [-0.3, -0.25) is 4.79 Å². The molecular formula is C14H27NO2. The van der Waals surface area contributed by atoms with Crippen LogP contribution in [0.3, 0.4) is 0 Å². The highest BCUT2D eigenvalue weighted by molar-refractivity contribution is 5.76. The van der Waals surface area contributed by atoms with Gasteiger partial charge in [-0.05, 0) is 30.6 Å².